The van der Waals surface area contributed by atoms with Crippen molar-refractivity contribution in [3.05, 3.63) is 52.7 Å². The number of amides is 3. The predicted molar refractivity (Wildman–Crippen MR) is 127 cm³/mol. The largest absolute Gasteiger partial charge is 0.496 e. The van der Waals surface area contributed by atoms with Gasteiger partial charge in [0.2, 0.25) is 10.0 Å². The molecule has 0 aliphatic heterocycles. The molecule has 3 N–H and O–H groups in total. The SMILES string of the molecule is COc1cc2nccc(Oc3c(F)cc(NC(=O)NC4CC4)c(Cl)c3F)c2cc1C(=O)NS(C)(=O)=O. The van der Waals surface area contributed by atoms with Gasteiger partial charge in [0, 0.05) is 29.8 Å². The van der Waals surface area contributed by atoms with E-state index >= 15 is 4.39 Å². The standard InChI is InChI=1S/C22H19ClF2N4O6S/c1-34-17-9-14-11(7-12(17)21(30)29-36(2,32)33)16(5-6-26-14)35-20-13(24)8-15(18(23)19(20)25)28-22(31)27-10-3-4-10/h5-10H,3-4H2,1-2H3,(H,29,30)(H2,27,28,31). The van der Waals surface area contributed by atoms with Gasteiger partial charge in [0.15, 0.2) is 17.4 Å². The lowest BCUT2D eigenvalue weighted by Crippen LogP contribution is -2.30. The van der Waals surface area contributed by atoms with Crippen LogP contribution in [-0.4, -0.2) is 44.7 Å². The summed E-state index contributed by atoms with van der Waals surface area (Å²) >= 11 is 6.02. The number of benzene rings is 2. The molecule has 10 nitrogen and oxygen atoms in total. The smallest absolute Gasteiger partial charge is 0.319 e. The Labute approximate surface area is 209 Å². The minimum atomic E-state index is -3.89. The van der Waals surface area contributed by atoms with Crippen molar-refractivity contribution in [1.82, 2.24) is 15.0 Å². The highest BCUT2D eigenvalue weighted by molar-refractivity contribution is 7.89. The number of pyridine rings is 1. The number of carbonyl (C=O) groups excluding carboxylic acids is 2. The molecular weight excluding hydrogens is 522 g/mol. The van der Waals surface area contributed by atoms with E-state index < -0.39 is 44.4 Å². The van der Waals surface area contributed by atoms with Crippen molar-refractivity contribution in [2.45, 2.75) is 18.9 Å². The predicted octanol–water partition coefficient (Wildman–Crippen LogP) is 3.94. The zero-order valence-electron chi connectivity index (χ0n) is 18.8. The van der Waals surface area contributed by atoms with Gasteiger partial charge in [-0.15, -0.1) is 0 Å². The molecule has 36 heavy (non-hydrogen) atoms. The maximum absolute atomic E-state index is 15.0. The minimum Gasteiger partial charge on any atom is -0.496 e. The number of methoxy groups -OCH3 is 1. The zero-order valence-corrected chi connectivity index (χ0v) is 20.4. The van der Waals surface area contributed by atoms with Crippen LogP contribution in [0.1, 0.15) is 23.2 Å². The maximum atomic E-state index is 15.0. The molecule has 0 saturated heterocycles. The van der Waals surface area contributed by atoms with E-state index in [1.807, 2.05) is 4.72 Å². The number of fused-ring (bicyclic) bond motifs is 1. The van der Waals surface area contributed by atoms with Crippen LogP contribution in [0.5, 0.6) is 17.2 Å². The first-order valence-corrected chi connectivity index (χ1v) is 12.7. The fraction of sp³-hybridized carbons (Fsp3) is 0.227. The van der Waals surface area contributed by atoms with Crippen LogP contribution >= 0.6 is 11.6 Å². The Balaban J connectivity index is 1.71. The molecule has 0 spiro atoms. The van der Waals surface area contributed by atoms with Crippen LogP contribution in [0.4, 0.5) is 19.3 Å². The van der Waals surface area contributed by atoms with Crippen molar-refractivity contribution in [2.24, 2.45) is 0 Å². The molecular formula is C22H19ClF2N4O6S. The number of rotatable bonds is 7. The molecule has 0 atom stereocenters. The van der Waals surface area contributed by atoms with Gasteiger partial charge < -0.3 is 20.1 Å². The Morgan fingerprint density at radius 3 is 2.53 bits per heavy atom. The Bertz CT molecular complexity index is 1500. The number of urea groups is 1. The van der Waals surface area contributed by atoms with Crippen molar-refractivity contribution in [1.29, 1.82) is 0 Å². The van der Waals surface area contributed by atoms with Gasteiger partial charge in [-0.25, -0.2) is 26.7 Å². The fourth-order valence-electron chi connectivity index (χ4n) is 3.25. The molecule has 1 saturated carbocycles. The second-order valence-electron chi connectivity index (χ2n) is 7.92. The molecule has 1 aliphatic rings. The van der Waals surface area contributed by atoms with Crippen molar-refractivity contribution >= 4 is 50.2 Å². The van der Waals surface area contributed by atoms with Gasteiger partial charge >= 0.3 is 6.03 Å². The highest BCUT2D eigenvalue weighted by atomic mass is 35.5. The number of sulfonamides is 1. The number of anilines is 1. The van der Waals surface area contributed by atoms with Crippen molar-refractivity contribution < 1.29 is 36.3 Å². The molecule has 0 bridgehead atoms. The highest BCUT2D eigenvalue weighted by Gasteiger charge is 2.26. The van der Waals surface area contributed by atoms with Crippen LogP contribution in [-0.2, 0) is 10.0 Å². The first-order valence-electron chi connectivity index (χ1n) is 10.4. The molecule has 1 aliphatic carbocycles. The van der Waals surface area contributed by atoms with E-state index in [1.54, 1.807) is 0 Å². The average Bonchev–Trinajstić information content (AvgIpc) is 3.62. The number of hydrogen-bond acceptors (Lipinski definition) is 7. The van der Waals surface area contributed by atoms with Crippen molar-refractivity contribution in [2.75, 3.05) is 18.7 Å². The van der Waals surface area contributed by atoms with Crippen LogP contribution in [0.15, 0.2) is 30.5 Å². The molecule has 190 valence electrons. The summed E-state index contributed by atoms with van der Waals surface area (Å²) in [6, 6.07) is 4.02. The normalized spacial score (nSPS) is 13.2. The molecule has 0 unspecified atom stereocenters. The molecule has 1 aromatic heterocycles. The third kappa shape index (κ3) is 5.57. The third-order valence-electron chi connectivity index (χ3n) is 5.03. The van der Waals surface area contributed by atoms with Gasteiger partial charge in [-0.05, 0) is 25.0 Å². The summed E-state index contributed by atoms with van der Waals surface area (Å²) in [7, 11) is -2.62. The van der Waals surface area contributed by atoms with Crippen LogP contribution < -0.4 is 24.8 Å². The number of halogens is 3. The highest BCUT2D eigenvalue weighted by Crippen LogP contribution is 2.39. The number of ether oxygens (including phenoxy) is 2. The molecule has 4 rings (SSSR count). The summed E-state index contributed by atoms with van der Waals surface area (Å²) in [5.41, 5.74) is -0.253. The summed E-state index contributed by atoms with van der Waals surface area (Å²) in [6.45, 7) is 0. The van der Waals surface area contributed by atoms with Gasteiger partial charge in [-0.3, -0.25) is 9.78 Å². The summed E-state index contributed by atoms with van der Waals surface area (Å²) in [5, 5.41) is 4.45. The van der Waals surface area contributed by atoms with E-state index in [4.69, 9.17) is 21.1 Å². The van der Waals surface area contributed by atoms with Gasteiger partial charge in [-0.1, -0.05) is 11.6 Å². The van der Waals surface area contributed by atoms with E-state index in [2.05, 4.69) is 15.6 Å². The Morgan fingerprint density at radius 1 is 1.17 bits per heavy atom. The Kier molecular flexibility index (Phi) is 6.87. The number of nitrogens with one attached hydrogen (secondary N) is 3. The zero-order chi connectivity index (χ0) is 26.2. The van der Waals surface area contributed by atoms with Gasteiger partial charge in [0.05, 0.1) is 30.1 Å². The number of carbonyl (C=O) groups is 2. The van der Waals surface area contributed by atoms with E-state index in [-0.39, 0.29) is 39.7 Å². The summed E-state index contributed by atoms with van der Waals surface area (Å²) in [5.74, 6) is -4.39. The second kappa shape index (κ2) is 9.74. The van der Waals surface area contributed by atoms with Crippen molar-refractivity contribution in [3.63, 3.8) is 0 Å². The molecule has 3 aromatic rings. The van der Waals surface area contributed by atoms with E-state index in [9.17, 15) is 22.4 Å². The molecule has 0 radical (unpaired) electrons. The van der Waals surface area contributed by atoms with Gasteiger partial charge in [0.25, 0.3) is 5.91 Å². The van der Waals surface area contributed by atoms with Crippen LogP contribution in [0.3, 0.4) is 0 Å². The van der Waals surface area contributed by atoms with Gasteiger partial charge in [-0.2, -0.15) is 0 Å². The maximum Gasteiger partial charge on any atom is 0.319 e. The monoisotopic (exact) mass is 540 g/mol. The third-order valence-corrected chi connectivity index (χ3v) is 5.96. The minimum absolute atomic E-state index is 0.00797. The first-order chi connectivity index (χ1) is 17.0. The Hall–Kier alpha value is -3.71. The lowest BCUT2D eigenvalue weighted by molar-refractivity contribution is 0.0979. The molecule has 2 aromatic carbocycles. The van der Waals surface area contributed by atoms with E-state index in [1.165, 1.54) is 31.5 Å². The average molecular weight is 541 g/mol. The van der Waals surface area contributed by atoms with Gasteiger partial charge in [0.1, 0.15) is 16.5 Å². The number of nitrogens with zero attached hydrogens (tertiary/aromatic N) is 1. The molecule has 3 amide bonds. The topological polar surface area (TPSA) is 136 Å². The molecule has 1 fully saturated rings. The fourth-order valence-corrected chi connectivity index (χ4v) is 3.89. The van der Waals surface area contributed by atoms with Crippen LogP contribution in [0.2, 0.25) is 5.02 Å². The summed E-state index contributed by atoms with van der Waals surface area (Å²) < 4.78 is 65.3. The lowest BCUT2D eigenvalue weighted by Gasteiger charge is -2.15. The summed E-state index contributed by atoms with van der Waals surface area (Å²) in [6.07, 6.45) is 3.74. The second-order valence-corrected chi connectivity index (χ2v) is 10.0. The molecule has 1 heterocycles. The van der Waals surface area contributed by atoms with E-state index in [0.717, 1.165) is 25.2 Å². The first kappa shape index (κ1) is 25.4. The van der Waals surface area contributed by atoms with Crippen LogP contribution in [0, 0.1) is 11.6 Å². The van der Waals surface area contributed by atoms with Crippen LogP contribution in [0.25, 0.3) is 10.9 Å². The van der Waals surface area contributed by atoms with E-state index in [0.29, 0.717) is 0 Å². The summed E-state index contributed by atoms with van der Waals surface area (Å²) in [4.78, 5) is 28.6. The Morgan fingerprint density at radius 2 is 1.89 bits per heavy atom. The lowest BCUT2D eigenvalue weighted by atomic mass is 10.1. The van der Waals surface area contributed by atoms with Crippen molar-refractivity contribution in [3.8, 4) is 17.2 Å². The quantitative estimate of drug-likeness (QED) is 0.386. The number of aromatic nitrogens is 1. The molecule has 14 heteroatoms. The number of hydrogen-bond donors (Lipinski definition) is 3.